The minimum absolute atomic E-state index is 0.381. The number of nitrogens with zero attached hydrogens (tertiary/aromatic N) is 8. The van der Waals surface area contributed by atoms with Crippen molar-refractivity contribution >= 4 is 11.0 Å². The van der Waals surface area contributed by atoms with Crippen LogP contribution in [0.1, 0.15) is 30.1 Å². The summed E-state index contributed by atoms with van der Waals surface area (Å²) in [7, 11) is 0. The highest BCUT2D eigenvalue weighted by Gasteiger charge is 2.21. The Hall–Kier alpha value is -4.76. The third kappa shape index (κ3) is 4.76. The van der Waals surface area contributed by atoms with Crippen molar-refractivity contribution in [3.63, 3.8) is 0 Å². The van der Waals surface area contributed by atoms with Gasteiger partial charge >= 0.3 is 0 Å². The first-order valence-electron chi connectivity index (χ1n) is 13.7. The average Bonchev–Trinajstić information content (AvgIpc) is 3.66. The van der Waals surface area contributed by atoms with Gasteiger partial charge in [0.05, 0.1) is 41.2 Å². The quantitative estimate of drug-likeness (QED) is 0.322. The standard InChI is InChI=1S/C31H29N9/c1-21-7-5-11-27(35-21)30-31(40(38-37-30)19-22-8-3-2-4-9-22)28-13-12-26-29(36-28)15-23(16-33-26)24-17-34-39(20-24)25-10-6-14-32-18-25/h2-5,7-9,11-13,15-17,20,25,32H,6,10,14,18-19H2,1H3. The van der Waals surface area contributed by atoms with E-state index < -0.39 is 0 Å². The molecule has 1 aliphatic heterocycles. The minimum Gasteiger partial charge on any atom is -0.315 e. The van der Waals surface area contributed by atoms with Gasteiger partial charge < -0.3 is 5.32 Å². The Morgan fingerprint density at radius 3 is 2.67 bits per heavy atom. The summed E-state index contributed by atoms with van der Waals surface area (Å²) in [5.74, 6) is 0. The maximum absolute atomic E-state index is 5.08. The highest BCUT2D eigenvalue weighted by molar-refractivity contribution is 5.84. The zero-order valence-electron chi connectivity index (χ0n) is 22.3. The molecule has 5 aromatic heterocycles. The number of pyridine rings is 3. The normalized spacial score (nSPS) is 15.5. The first kappa shape index (κ1) is 24.3. The van der Waals surface area contributed by atoms with Crippen LogP contribution in [0.5, 0.6) is 0 Å². The van der Waals surface area contributed by atoms with E-state index in [1.807, 2.05) is 72.5 Å². The number of aromatic nitrogens is 8. The fraction of sp³-hybridized carbons (Fsp3) is 0.226. The summed E-state index contributed by atoms with van der Waals surface area (Å²) in [4.78, 5) is 14.5. The van der Waals surface area contributed by atoms with Crippen LogP contribution in [-0.4, -0.2) is 52.8 Å². The third-order valence-electron chi connectivity index (χ3n) is 7.40. The second kappa shape index (κ2) is 10.4. The fourth-order valence-corrected chi connectivity index (χ4v) is 5.32. The molecular weight excluding hydrogens is 498 g/mol. The van der Waals surface area contributed by atoms with Crippen LogP contribution in [0.3, 0.4) is 0 Å². The lowest BCUT2D eigenvalue weighted by Crippen LogP contribution is -2.31. The molecular formula is C31H29N9. The molecule has 0 spiro atoms. The number of piperidine rings is 1. The van der Waals surface area contributed by atoms with Gasteiger partial charge in [-0.1, -0.05) is 41.6 Å². The number of hydrogen-bond acceptors (Lipinski definition) is 7. The van der Waals surface area contributed by atoms with Gasteiger partial charge in [0.1, 0.15) is 11.4 Å². The molecule has 1 aliphatic rings. The lowest BCUT2D eigenvalue weighted by molar-refractivity contribution is 0.347. The van der Waals surface area contributed by atoms with Crippen LogP contribution in [-0.2, 0) is 6.54 Å². The van der Waals surface area contributed by atoms with Crippen molar-refractivity contribution in [2.45, 2.75) is 32.4 Å². The summed E-state index contributed by atoms with van der Waals surface area (Å²) in [5.41, 5.74) is 8.79. The predicted octanol–water partition coefficient (Wildman–Crippen LogP) is 5.10. The molecule has 0 saturated carbocycles. The van der Waals surface area contributed by atoms with E-state index in [2.05, 4.69) is 49.8 Å². The highest BCUT2D eigenvalue weighted by atomic mass is 15.4. The predicted molar refractivity (Wildman–Crippen MR) is 154 cm³/mol. The molecule has 9 heteroatoms. The van der Waals surface area contributed by atoms with Crippen LogP contribution in [0, 0.1) is 6.92 Å². The molecule has 1 atom stereocenters. The summed E-state index contributed by atoms with van der Waals surface area (Å²) in [6.45, 7) is 4.58. The first-order chi connectivity index (χ1) is 19.7. The van der Waals surface area contributed by atoms with Crippen LogP contribution < -0.4 is 5.32 Å². The lowest BCUT2D eigenvalue weighted by Gasteiger charge is -2.22. The van der Waals surface area contributed by atoms with Crippen molar-refractivity contribution < 1.29 is 0 Å². The highest BCUT2D eigenvalue weighted by Crippen LogP contribution is 2.31. The maximum Gasteiger partial charge on any atom is 0.141 e. The molecule has 0 bridgehead atoms. The average molecular weight is 528 g/mol. The van der Waals surface area contributed by atoms with Crippen molar-refractivity contribution in [1.82, 2.24) is 45.0 Å². The minimum atomic E-state index is 0.381. The van der Waals surface area contributed by atoms with Crippen molar-refractivity contribution in [3.05, 3.63) is 96.6 Å². The van der Waals surface area contributed by atoms with Gasteiger partial charge in [0.2, 0.25) is 0 Å². The van der Waals surface area contributed by atoms with Crippen LogP contribution in [0.15, 0.2) is 85.3 Å². The van der Waals surface area contributed by atoms with E-state index in [0.29, 0.717) is 18.3 Å². The van der Waals surface area contributed by atoms with Gasteiger partial charge in [0.25, 0.3) is 0 Å². The fourth-order valence-electron chi connectivity index (χ4n) is 5.32. The molecule has 6 heterocycles. The molecule has 1 aromatic carbocycles. The van der Waals surface area contributed by atoms with E-state index in [9.17, 15) is 0 Å². The second-order valence-corrected chi connectivity index (χ2v) is 10.3. The third-order valence-corrected chi connectivity index (χ3v) is 7.40. The lowest BCUT2D eigenvalue weighted by atomic mass is 10.1. The van der Waals surface area contributed by atoms with Gasteiger partial charge in [-0.15, -0.1) is 5.10 Å². The SMILES string of the molecule is Cc1cccc(-c2nnn(Cc3ccccc3)c2-c2ccc3ncc(-c4cnn(C5CCCNC5)c4)cc3n2)n1. The van der Waals surface area contributed by atoms with Crippen molar-refractivity contribution in [3.8, 4) is 33.9 Å². The molecule has 7 rings (SSSR count). The number of rotatable bonds is 6. The van der Waals surface area contributed by atoms with Gasteiger partial charge in [-0.3, -0.25) is 14.6 Å². The largest absolute Gasteiger partial charge is 0.315 e. The number of aryl methyl sites for hydroxylation is 1. The number of nitrogens with one attached hydrogen (secondary N) is 1. The van der Waals surface area contributed by atoms with Gasteiger partial charge in [-0.2, -0.15) is 5.10 Å². The Labute approximate surface area is 232 Å². The molecule has 9 nitrogen and oxygen atoms in total. The van der Waals surface area contributed by atoms with Gasteiger partial charge in [0.15, 0.2) is 0 Å². The number of benzene rings is 1. The topological polar surface area (TPSA) is 99.2 Å². The summed E-state index contributed by atoms with van der Waals surface area (Å²) in [5, 5.41) is 17.2. The molecule has 40 heavy (non-hydrogen) atoms. The smallest absolute Gasteiger partial charge is 0.141 e. The van der Waals surface area contributed by atoms with Crippen LogP contribution >= 0.6 is 0 Å². The Morgan fingerprint density at radius 2 is 1.82 bits per heavy atom. The summed E-state index contributed by atoms with van der Waals surface area (Å²) in [6, 6.07) is 22.6. The molecule has 0 radical (unpaired) electrons. The summed E-state index contributed by atoms with van der Waals surface area (Å²) in [6.07, 6.45) is 8.23. The summed E-state index contributed by atoms with van der Waals surface area (Å²) < 4.78 is 3.98. The number of fused-ring (bicyclic) bond motifs is 1. The molecule has 6 aromatic rings. The van der Waals surface area contributed by atoms with Crippen molar-refractivity contribution in [1.29, 1.82) is 0 Å². The molecule has 0 aliphatic carbocycles. The van der Waals surface area contributed by atoms with Crippen LogP contribution in [0.4, 0.5) is 0 Å². The van der Waals surface area contributed by atoms with E-state index in [4.69, 9.17) is 15.0 Å². The summed E-state index contributed by atoms with van der Waals surface area (Å²) >= 11 is 0. The van der Waals surface area contributed by atoms with Crippen LogP contribution in [0.2, 0.25) is 0 Å². The van der Waals surface area contributed by atoms with Gasteiger partial charge in [-0.05, 0) is 62.2 Å². The maximum atomic E-state index is 5.08. The van der Waals surface area contributed by atoms with E-state index in [1.54, 1.807) is 0 Å². The first-order valence-corrected chi connectivity index (χ1v) is 13.7. The molecule has 1 N–H and O–H groups in total. The zero-order valence-corrected chi connectivity index (χ0v) is 22.3. The molecule has 1 fully saturated rings. The Bertz CT molecular complexity index is 1780. The molecule has 1 saturated heterocycles. The second-order valence-electron chi connectivity index (χ2n) is 10.3. The van der Waals surface area contributed by atoms with E-state index in [0.717, 1.165) is 70.0 Å². The number of hydrogen-bond donors (Lipinski definition) is 1. The zero-order chi connectivity index (χ0) is 26.9. The molecule has 198 valence electrons. The van der Waals surface area contributed by atoms with E-state index in [-0.39, 0.29) is 0 Å². The van der Waals surface area contributed by atoms with Gasteiger partial charge in [0, 0.05) is 35.8 Å². The van der Waals surface area contributed by atoms with Crippen molar-refractivity contribution in [2.75, 3.05) is 13.1 Å². The molecule has 0 amide bonds. The van der Waals surface area contributed by atoms with Crippen LogP contribution in [0.25, 0.3) is 44.9 Å². The molecule has 1 unspecified atom stereocenters. The Morgan fingerprint density at radius 1 is 0.900 bits per heavy atom. The monoisotopic (exact) mass is 527 g/mol. The van der Waals surface area contributed by atoms with E-state index >= 15 is 0 Å². The van der Waals surface area contributed by atoms with Crippen molar-refractivity contribution in [2.24, 2.45) is 0 Å². The Balaban J connectivity index is 1.30. The Kier molecular flexibility index (Phi) is 6.33. The van der Waals surface area contributed by atoms with Gasteiger partial charge in [-0.25, -0.2) is 9.67 Å². The van der Waals surface area contributed by atoms with E-state index in [1.165, 1.54) is 6.42 Å².